The van der Waals surface area contributed by atoms with Crippen LogP contribution in [0.15, 0.2) is 48.5 Å². The molecule has 1 atom stereocenters. The number of rotatable bonds is 7. The summed E-state index contributed by atoms with van der Waals surface area (Å²) in [6.45, 7) is 4.57. The van der Waals surface area contributed by atoms with E-state index in [2.05, 4.69) is 5.32 Å². The molecule has 1 N–H and O–H groups in total. The minimum absolute atomic E-state index is 0.0515. The Balaban J connectivity index is 1.79. The van der Waals surface area contributed by atoms with Gasteiger partial charge in [-0.1, -0.05) is 17.7 Å². The van der Waals surface area contributed by atoms with Crippen LogP contribution in [0.2, 0.25) is 0 Å². The second kappa shape index (κ2) is 8.80. The fourth-order valence-electron chi connectivity index (χ4n) is 2.09. The molecule has 0 fully saturated rings. The third kappa shape index (κ3) is 5.73. The van der Waals surface area contributed by atoms with Gasteiger partial charge in [0.1, 0.15) is 5.75 Å². The van der Waals surface area contributed by atoms with E-state index in [1.165, 1.54) is 13.8 Å². The van der Waals surface area contributed by atoms with Crippen LogP contribution in [0.1, 0.15) is 29.8 Å². The zero-order chi connectivity index (χ0) is 19.1. The number of hydrogen-bond acceptors (Lipinski definition) is 5. The highest BCUT2D eigenvalue weighted by Crippen LogP contribution is 2.13. The van der Waals surface area contributed by atoms with Gasteiger partial charge in [0.25, 0.3) is 5.91 Å². The molecule has 0 aliphatic carbocycles. The molecule has 2 rings (SSSR count). The summed E-state index contributed by atoms with van der Waals surface area (Å²) in [4.78, 5) is 35.1. The summed E-state index contributed by atoms with van der Waals surface area (Å²) in [7, 11) is 0. The molecule has 2 aromatic carbocycles. The number of ether oxygens (including phenoxy) is 2. The molecule has 0 saturated heterocycles. The van der Waals surface area contributed by atoms with Crippen LogP contribution < -0.4 is 10.1 Å². The molecule has 0 heterocycles. The number of Topliss-reactive ketones (excluding diaryl/α,β-unsaturated/α-hetero) is 1. The maximum absolute atomic E-state index is 12.0. The van der Waals surface area contributed by atoms with Crippen molar-refractivity contribution in [2.45, 2.75) is 26.9 Å². The molecule has 1 amide bonds. The molecular weight excluding hydrogens is 334 g/mol. The highest BCUT2D eigenvalue weighted by Gasteiger charge is 2.18. The van der Waals surface area contributed by atoms with Crippen LogP contribution in [0.25, 0.3) is 0 Å². The first-order valence-electron chi connectivity index (χ1n) is 8.16. The van der Waals surface area contributed by atoms with Gasteiger partial charge in [0, 0.05) is 11.3 Å². The Bertz CT molecular complexity index is 781. The topological polar surface area (TPSA) is 81.7 Å². The normalized spacial score (nSPS) is 11.3. The summed E-state index contributed by atoms with van der Waals surface area (Å²) in [6, 6.07) is 13.7. The Morgan fingerprint density at radius 3 is 2.19 bits per heavy atom. The predicted molar refractivity (Wildman–Crippen MR) is 97.3 cm³/mol. The van der Waals surface area contributed by atoms with Crippen molar-refractivity contribution in [1.82, 2.24) is 0 Å². The van der Waals surface area contributed by atoms with Gasteiger partial charge in [0.05, 0.1) is 0 Å². The van der Waals surface area contributed by atoms with Crippen molar-refractivity contribution in [3.05, 3.63) is 59.7 Å². The molecule has 0 radical (unpaired) electrons. The standard InChI is InChI=1S/C20H21NO5/c1-13-4-8-17(9-5-13)21-20(24)15(3)26-19(23)12-25-18-10-6-16(7-11-18)14(2)22/h4-11,15H,12H2,1-3H3,(H,21,24)/t15-/m1/s1. The number of carbonyl (C=O) groups is 3. The highest BCUT2D eigenvalue weighted by molar-refractivity contribution is 5.95. The van der Waals surface area contributed by atoms with Crippen LogP contribution in [-0.2, 0) is 14.3 Å². The SMILES string of the molecule is CC(=O)c1ccc(OCC(=O)O[C@H](C)C(=O)Nc2ccc(C)cc2)cc1. The number of anilines is 1. The molecule has 0 saturated carbocycles. The lowest BCUT2D eigenvalue weighted by Crippen LogP contribution is -2.31. The molecule has 0 unspecified atom stereocenters. The molecular formula is C20H21NO5. The third-order valence-corrected chi connectivity index (χ3v) is 3.61. The maximum atomic E-state index is 12.0. The lowest BCUT2D eigenvalue weighted by molar-refractivity contribution is -0.155. The van der Waals surface area contributed by atoms with E-state index in [4.69, 9.17) is 9.47 Å². The summed E-state index contributed by atoms with van der Waals surface area (Å²) in [5, 5.41) is 2.68. The Kier molecular flexibility index (Phi) is 6.49. The third-order valence-electron chi connectivity index (χ3n) is 3.61. The quantitative estimate of drug-likeness (QED) is 0.609. The van der Waals surface area contributed by atoms with Gasteiger partial charge >= 0.3 is 5.97 Å². The van der Waals surface area contributed by atoms with Gasteiger partial charge in [-0.05, 0) is 57.2 Å². The van der Waals surface area contributed by atoms with Crippen LogP contribution in [0.4, 0.5) is 5.69 Å². The van der Waals surface area contributed by atoms with Crippen molar-refractivity contribution in [2.24, 2.45) is 0 Å². The molecule has 0 aromatic heterocycles. The number of amides is 1. The summed E-state index contributed by atoms with van der Waals surface area (Å²) in [5.41, 5.74) is 2.27. The molecule has 136 valence electrons. The molecule has 0 aliphatic rings. The van der Waals surface area contributed by atoms with Crippen LogP contribution in [0, 0.1) is 6.92 Å². The van der Waals surface area contributed by atoms with Gasteiger partial charge in [-0.25, -0.2) is 4.79 Å². The number of aryl methyl sites for hydroxylation is 1. The van der Waals surface area contributed by atoms with E-state index in [1.54, 1.807) is 36.4 Å². The molecule has 0 spiro atoms. The summed E-state index contributed by atoms with van der Waals surface area (Å²) >= 11 is 0. The summed E-state index contributed by atoms with van der Waals surface area (Å²) in [6.07, 6.45) is -0.951. The zero-order valence-corrected chi connectivity index (χ0v) is 14.9. The summed E-state index contributed by atoms with van der Waals surface area (Å²) in [5.74, 6) is -0.701. The number of hydrogen-bond donors (Lipinski definition) is 1. The number of nitrogens with one attached hydrogen (secondary N) is 1. The van der Waals surface area contributed by atoms with E-state index < -0.39 is 18.0 Å². The monoisotopic (exact) mass is 355 g/mol. The van der Waals surface area contributed by atoms with E-state index in [0.29, 0.717) is 17.0 Å². The molecule has 2 aromatic rings. The van der Waals surface area contributed by atoms with Gasteiger partial charge in [-0.3, -0.25) is 9.59 Å². The predicted octanol–water partition coefficient (Wildman–Crippen LogP) is 3.15. The zero-order valence-electron chi connectivity index (χ0n) is 14.9. The van der Waals surface area contributed by atoms with Crippen molar-refractivity contribution in [3.8, 4) is 5.75 Å². The molecule has 6 heteroatoms. The van der Waals surface area contributed by atoms with Gasteiger partial charge in [-0.2, -0.15) is 0 Å². The Morgan fingerprint density at radius 2 is 1.62 bits per heavy atom. The maximum Gasteiger partial charge on any atom is 0.344 e. The van der Waals surface area contributed by atoms with Crippen LogP contribution in [0.5, 0.6) is 5.75 Å². The Labute approximate surface area is 152 Å². The van der Waals surface area contributed by atoms with E-state index in [-0.39, 0.29) is 12.4 Å². The fraction of sp³-hybridized carbons (Fsp3) is 0.250. The number of carbonyl (C=O) groups excluding carboxylic acids is 3. The molecule has 0 aliphatic heterocycles. The smallest absolute Gasteiger partial charge is 0.344 e. The fourth-order valence-corrected chi connectivity index (χ4v) is 2.09. The first kappa shape index (κ1) is 19.2. The van der Waals surface area contributed by atoms with Crippen molar-refractivity contribution in [3.63, 3.8) is 0 Å². The van der Waals surface area contributed by atoms with Crippen LogP contribution in [0.3, 0.4) is 0 Å². The van der Waals surface area contributed by atoms with Crippen molar-refractivity contribution in [1.29, 1.82) is 0 Å². The minimum Gasteiger partial charge on any atom is -0.482 e. The highest BCUT2D eigenvalue weighted by atomic mass is 16.6. The molecule has 26 heavy (non-hydrogen) atoms. The second-order valence-corrected chi connectivity index (χ2v) is 5.86. The van der Waals surface area contributed by atoms with E-state index in [1.807, 2.05) is 19.1 Å². The first-order chi connectivity index (χ1) is 12.3. The van der Waals surface area contributed by atoms with Gasteiger partial charge in [0.15, 0.2) is 18.5 Å². The number of esters is 1. The largest absolute Gasteiger partial charge is 0.482 e. The number of ketones is 1. The Hall–Kier alpha value is -3.15. The lowest BCUT2D eigenvalue weighted by atomic mass is 10.1. The van der Waals surface area contributed by atoms with Crippen molar-refractivity contribution >= 4 is 23.3 Å². The van der Waals surface area contributed by atoms with E-state index >= 15 is 0 Å². The molecule has 0 bridgehead atoms. The molecule has 6 nitrogen and oxygen atoms in total. The number of benzene rings is 2. The van der Waals surface area contributed by atoms with Crippen molar-refractivity contribution < 1.29 is 23.9 Å². The van der Waals surface area contributed by atoms with Gasteiger partial charge in [-0.15, -0.1) is 0 Å². The van der Waals surface area contributed by atoms with E-state index in [9.17, 15) is 14.4 Å². The lowest BCUT2D eigenvalue weighted by Gasteiger charge is -2.14. The van der Waals surface area contributed by atoms with E-state index in [0.717, 1.165) is 5.56 Å². The first-order valence-corrected chi connectivity index (χ1v) is 8.16. The van der Waals surface area contributed by atoms with Crippen molar-refractivity contribution in [2.75, 3.05) is 11.9 Å². The van der Waals surface area contributed by atoms with Crippen LogP contribution >= 0.6 is 0 Å². The average Bonchev–Trinajstić information content (AvgIpc) is 2.62. The Morgan fingerprint density at radius 1 is 1.00 bits per heavy atom. The minimum atomic E-state index is -0.951. The second-order valence-electron chi connectivity index (χ2n) is 5.86. The average molecular weight is 355 g/mol. The van der Waals surface area contributed by atoms with Gasteiger partial charge in [0.2, 0.25) is 0 Å². The van der Waals surface area contributed by atoms with Crippen LogP contribution in [-0.4, -0.2) is 30.4 Å². The van der Waals surface area contributed by atoms with Gasteiger partial charge < -0.3 is 14.8 Å². The summed E-state index contributed by atoms with van der Waals surface area (Å²) < 4.78 is 10.4.